The second kappa shape index (κ2) is 11.0. The number of carbonyl (C=O) groups is 1. The van der Waals surface area contributed by atoms with Crippen molar-refractivity contribution in [1.82, 2.24) is 24.4 Å². The SMILES string of the molecule is CCCN(C)CCOc1ccc(F)cc1C(=O)N1CCCCC1c1cc2nc(N3CCC3)cc(C)n2n1. The Morgan fingerprint density at radius 3 is 2.73 bits per heavy atom. The van der Waals surface area contributed by atoms with Crippen molar-refractivity contribution in [2.24, 2.45) is 0 Å². The number of anilines is 1. The van der Waals surface area contributed by atoms with Crippen LogP contribution in [-0.2, 0) is 0 Å². The first-order valence-electron chi connectivity index (χ1n) is 13.5. The van der Waals surface area contributed by atoms with Crippen LogP contribution in [0.1, 0.15) is 66.8 Å². The number of nitrogens with zero attached hydrogens (tertiary/aromatic N) is 6. The number of amides is 1. The van der Waals surface area contributed by atoms with Crippen molar-refractivity contribution in [3.63, 3.8) is 0 Å². The van der Waals surface area contributed by atoms with Gasteiger partial charge in [0.2, 0.25) is 0 Å². The Labute approximate surface area is 218 Å². The monoisotopic (exact) mass is 508 g/mol. The minimum absolute atomic E-state index is 0.193. The minimum atomic E-state index is -0.446. The molecule has 2 saturated heterocycles. The van der Waals surface area contributed by atoms with Crippen LogP contribution in [0.2, 0.25) is 0 Å². The van der Waals surface area contributed by atoms with Crippen LogP contribution in [0.15, 0.2) is 30.3 Å². The maximum absolute atomic E-state index is 14.3. The zero-order valence-electron chi connectivity index (χ0n) is 22.1. The van der Waals surface area contributed by atoms with Gasteiger partial charge in [0, 0.05) is 44.0 Å². The minimum Gasteiger partial charge on any atom is -0.491 e. The second-order valence-electron chi connectivity index (χ2n) is 10.2. The number of fused-ring (bicyclic) bond motifs is 1. The van der Waals surface area contributed by atoms with Gasteiger partial charge in [0.15, 0.2) is 5.65 Å². The molecule has 0 aliphatic carbocycles. The molecule has 2 fully saturated rings. The number of hydrogen-bond donors (Lipinski definition) is 0. The van der Waals surface area contributed by atoms with Gasteiger partial charge >= 0.3 is 0 Å². The Morgan fingerprint density at radius 2 is 1.97 bits per heavy atom. The molecule has 2 aliphatic heterocycles. The second-order valence-corrected chi connectivity index (χ2v) is 10.2. The molecule has 1 amide bonds. The van der Waals surface area contributed by atoms with Gasteiger partial charge in [-0.2, -0.15) is 5.10 Å². The molecule has 3 aromatic rings. The Hall–Kier alpha value is -3.20. The first kappa shape index (κ1) is 25.4. The normalized spacial score (nSPS) is 17.9. The molecule has 1 atom stereocenters. The molecule has 198 valence electrons. The summed E-state index contributed by atoms with van der Waals surface area (Å²) in [5.74, 6) is 0.736. The van der Waals surface area contributed by atoms with Gasteiger partial charge in [-0.1, -0.05) is 6.92 Å². The molecule has 2 aromatic heterocycles. The van der Waals surface area contributed by atoms with Crippen molar-refractivity contribution >= 4 is 17.4 Å². The zero-order chi connectivity index (χ0) is 25.9. The van der Waals surface area contributed by atoms with Gasteiger partial charge in [0.1, 0.15) is 24.0 Å². The first-order chi connectivity index (χ1) is 17.9. The number of hydrogen-bond acceptors (Lipinski definition) is 6. The molecule has 5 rings (SSSR count). The predicted molar refractivity (Wildman–Crippen MR) is 142 cm³/mol. The standard InChI is InChI=1S/C28H37FN6O2/c1-4-11-32(3)15-16-37-25-10-9-21(29)18-22(25)28(36)34-14-6-5-8-24(34)23-19-27-30-26(33-12-7-13-33)17-20(2)35(27)31-23/h9-10,17-19,24H,4-8,11-16H2,1-3H3. The maximum atomic E-state index is 14.3. The number of aryl methyl sites for hydroxylation is 1. The van der Waals surface area contributed by atoms with Gasteiger partial charge in [-0.3, -0.25) is 4.79 Å². The highest BCUT2D eigenvalue weighted by Crippen LogP contribution is 2.34. The van der Waals surface area contributed by atoms with Gasteiger partial charge in [0.25, 0.3) is 5.91 Å². The van der Waals surface area contributed by atoms with E-state index in [0.29, 0.717) is 18.9 Å². The van der Waals surface area contributed by atoms with Crippen molar-refractivity contribution in [3.05, 3.63) is 53.1 Å². The van der Waals surface area contributed by atoms with Crippen molar-refractivity contribution in [1.29, 1.82) is 0 Å². The van der Waals surface area contributed by atoms with E-state index in [2.05, 4.69) is 22.8 Å². The van der Waals surface area contributed by atoms with Crippen LogP contribution in [0.25, 0.3) is 5.65 Å². The number of carbonyl (C=O) groups excluding carboxylic acids is 1. The Kier molecular flexibility index (Phi) is 7.60. The van der Waals surface area contributed by atoms with Crippen LogP contribution in [0.3, 0.4) is 0 Å². The third-order valence-corrected chi connectivity index (χ3v) is 7.40. The van der Waals surface area contributed by atoms with E-state index < -0.39 is 5.82 Å². The molecule has 0 N–H and O–H groups in total. The van der Waals surface area contributed by atoms with Crippen molar-refractivity contribution in [2.45, 2.75) is 52.0 Å². The molecule has 1 aromatic carbocycles. The number of likely N-dealkylation sites (N-methyl/N-ethyl adjacent to an activating group) is 1. The average Bonchev–Trinajstić information content (AvgIpc) is 3.28. The number of ether oxygens (including phenoxy) is 1. The Morgan fingerprint density at radius 1 is 1.14 bits per heavy atom. The number of benzene rings is 1. The molecule has 0 saturated carbocycles. The number of piperidine rings is 1. The molecule has 2 aliphatic rings. The van der Waals surface area contributed by atoms with Crippen LogP contribution in [-0.4, -0.2) is 76.7 Å². The van der Waals surface area contributed by atoms with Gasteiger partial charge in [-0.25, -0.2) is 13.9 Å². The fourth-order valence-electron chi connectivity index (χ4n) is 5.23. The maximum Gasteiger partial charge on any atom is 0.258 e. The lowest BCUT2D eigenvalue weighted by Crippen LogP contribution is -2.39. The van der Waals surface area contributed by atoms with Crippen LogP contribution in [0, 0.1) is 12.7 Å². The molecule has 0 radical (unpaired) electrons. The Bertz CT molecular complexity index is 1260. The third-order valence-electron chi connectivity index (χ3n) is 7.40. The summed E-state index contributed by atoms with van der Waals surface area (Å²) in [4.78, 5) is 25.0. The van der Waals surface area contributed by atoms with E-state index in [-0.39, 0.29) is 17.5 Å². The molecule has 4 heterocycles. The van der Waals surface area contributed by atoms with Crippen LogP contribution in [0.4, 0.5) is 10.2 Å². The molecular weight excluding hydrogens is 471 g/mol. The molecule has 1 unspecified atom stereocenters. The highest BCUT2D eigenvalue weighted by molar-refractivity contribution is 5.97. The van der Waals surface area contributed by atoms with Crippen molar-refractivity contribution in [3.8, 4) is 5.75 Å². The number of likely N-dealkylation sites (tertiary alicyclic amines) is 1. The van der Waals surface area contributed by atoms with Gasteiger partial charge in [0.05, 0.1) is 17.3 Å². The molecule has 8 nitrogen and oxygen atoms in total. The van der Waals surface area contributed by atoms with E-state index in [1.54, 1.807) is 6.07 Å². The summed E-state index contributed by atoms with van der Waals surface area (Å²) >= 11 is 0. The number of halogens is 1. The van der Waals surface area contributed by atoms with Crippen molar-refractivity contribution in [2.75, 3.05) is 51.3 Å². The largest absolute Gasteiger partial charge is 0.491 e. The van der Waals surface area contributed by atoms with Gasteiger partial charge in [-0.15, -0.1) is 0 Å². The van der Waals surface area contributed by atoms with E-state index in [1.165, 1.54) is 18.6 Å². The number of aromatic nitrogens is 3. The van der Waals surface area contributed by atoms with E-state index in [4.69, 9.17) is 14.8 Å². The highest BCUT2D eigenvalue weighted by Gasteiger charge is 2.32. The van der Waals surface area contributed by atoms with Crippen LogP contribution in [0.5, 0.6) is 5.75 Å². The highest BCUT2D eigenvalue weighted by atomic mass is 19.1. The molecule has 37 heavy (non-hydrogen) atoms. The van der Waals surface area contributed by atoms with Crippen molar-refractivity contribution < 1.29 is 13.9 Å². The van der Waals surface area contributed by atoms with E-state index in [9.17, 15) is 9.18 Å². The Balaban J connectivity index is 1.40. The average molecular weight is 509 g/mol. The van der Waals surface area contributed by atoms with E-state index in [1.807, 2.05) is 29.5 Å². The number of rotatable bonds is 9. The third kappa shape index (κ3) is 5.42. The summed E-state index contributed by atoms with van der Waals surface area (Å²) in [6.45, 7) is 8.96. The molecule has 0 spiro atoms. The zero-order valence-corrected chi connectivity index (χ0v) is 22.1. The lowest BCUT2D eigenvalue weighted by atomic mass is 9.98. The first-order valence-corrected chi connectivity index (χ1v) is 13.5. The topological polar surface area (TPSA) is 66.2 Å². The molecule has 9 heteroatoms. The predicted octanol–water partition coefficient (Wildman–Crippen LogP) is 4.47. The summed E-state index contributed by atoms with van der Waals surface area (Å²) in [7, 11) is 2.04. The van der Waals surface area contributed by atoms with E-state index >= 15 is 0 Å². The quantitative estimate of drug-likeness (QED) is 0.425. The molecular formula is C28H37FN6O2. The lowest BCUT2D eigenvalue weighted by Gasteiger charge is -2.35. The van der Waals surface area contributed by atoms with Gasteiger partial charge < -0.3 is 19.4 Å². The molecule has 0 bridgehead atoms. The fourth-order valence-corrected chi connectivity index (χ4v) is 5.23. The van der Waals surface area contributed by atoms with Gasteiger partial charge in [-0.05, 0) is 70.8 Å². The van der Waals surface area contributed by atoms with Crippen LogP contribution >= 0.6 is 0 Å². The summed E-state index contributed by atoms with van der Waals surface area (Å²) in [5.41, 5.74) is 2.90. The van der Waals surface area contributed by atoms with E-state index in [0.717, 1.165) is 74.7 Å². The summed E-state index contributed by atoms with van der Waals surface area (Å²) < 4.78 is 22.2. The summed E-state index contributed by atoms with van der Waals surface area (Å²) in [6.07, 6.45) is 4.96. The summed E-state index contributed by atoms with van der Waals surface area (Å²) in [5, 5.41) is 4.86. The van der Waals surface area contributed by atoms with Crippen LogP contribution < -0.4 is 9.64 Å². The smallest absolute Gasteiger partial charge is 0.258 e. The summed E-state index contributed by atoms with van der Waals surface area (Å²) in [6, 6.07) is 8.09. The lowest BCUT2D eigenvalue weighted by molar-refractivity contribution is 0.0600. The fraction of sp³-hybridized carbons (Fsp3) is 0.536.